The molecule has 0 aromatic heterocycles. The normalized spacial score (nSPS) is 22.6. The van der Waals surface area contributed by atoms with Crippen LogP contribution in [0.3, 0.4) is 0 Å². The van der Waals surface area contributed by atoms with Gasteiger partial charge in [0.2, 0.25) is 0 Å². The number of aryl methyl sites for hydroxylation is 1. The SMILES string of the molecule is NCC1(C(O)c2ccccc2Cl)CCc2ccccc2C1. The molecule has 0 aliphatic heterocycles. The summed E-state index contributed by atoms with van der Waals surface area (Å²) in [6.07, 6.45) is 2.00. The maximum absolute atomic E-state index is 10.9. The number of rotatable bonds is 3. The van der Waals surface area contributed by atoms with Gasteiger partial charge < -0.3 is 10.8 Å². The molecule has 2 aromatic carbocycles. The number of benzene rings is 2. The Balaban J connectivity index is 1.97. The lowest BCUT2D eigenvalue weighted by atomic mass is 9.66. The molecule has 2 aromatic rings. The average molecular weight is 302 g/mol. The fraction of sp³-hybridized carbons (Fsp3) is 0.333. The largest absolute Gasteiger partial charge is 0.388 e. The van der Waals surface area contributed by atoms with E-state index >= 15 is 0 Å². The number of aliphatic hydroxyl groups is 1. The van der Waals surface area contributed by atoms with Crippen molar-refractivity contribution in [3.05, 3.63) is 70.2 Å². The summed E-state index contributed by atoms with van der Waals surface area (Å²) in [4.78, 5) is 0. The predicted molar refractivity (Wildman–Crippen MR) is 86.4 cm³/mol. The van der Waals surface area contributed by atoms with E-state index in [4.69, 9.17) is 17.3 Å². The number of aliphatic hydroxyl groups excluding tert-OH is 1. The lowest BCUT2D eigenvalue weighted by molar-refractivity contribution is 0.0178. The molecule has 0 saturated carbocycles. The third kappa shape index (κ3) is 2.59. The summed E-state index contributed by atoms with van der Waals surface area (Å²) in [6.45, 7) is 0.452. The van der Waals surface area contributed by atoms with Crippen molar-refractivity contribution in [3.8, 4) is 0 Å². The van der Waals surface area contributed by atoms with Crippen molar-refractivity contribution in [3.63, 3.8) is 0 Å². The maximum atomic E-state index is 10.9. The van der Waals surface area contributed by atoms with Gasteiger partial charge in [-0.25, -0.2) is 0 Å². The molecule has 0 amide bonds. The molecule has 1 aliphatic carbocycles. The van der Waals surface area contributed by atoms with Gasteiger partial charge in [0.25, 0.3) is 0 Å². The van der Waals surface area contributed by atoms with Gasteiger partial charge in [-0.05, 0) is 42.0 Å². The second kappa shape index (κ2) is 5.80. The van der Waals surface area contributed by atoms with Crippen LogP contribution in [0.25, 0.3) is 0 Å². The van der Waals surface area contributed by atoms with Crippen LogP contribution in [-0.2, 0) is 12.8 Å². The molecular formula is C18H20ClNO. The van der Waals surface area contributed by atoms with Crippen LogP contribution in [0.15, 0.2) is 48.5 Å². The average Bonchev–Trinajstić information content (AvgIpc) is 2.54. The molecular weight excluding hydrogens is 282 g/mol. The van der Waals surface area contributed by atoms with Crippen molar-refractivity contribution < 1.29 is 5.11 Å². The minimum absolute atomic E-state index is 0.334. The van der Waals surface area contributed by atoms with Gasteiger partial charge in [-0.1, -0.05) is 54.1 Å². The van der Waals surface area contributed by atoms with E-state index in [9.17, 15) is 5.11 Å². The Morgan fingerprint density at radius 1 is 1.10 bits per heavy atom. The smallest absolute Gasteiger partial charge is 0.0875 e. The maximum Gasteiger partial charge on any atom is 0.0875 e. The highest BCUT2D eigenvalue weighted by atomic mass is 35.5. The zero-order valence-corrected chi connectivity index (χ0v) is 12.7. The van der Waals surface area contributed by atoms with E-state index in [-0.39, 0.29) is 5.41 Å². The van der Waals surface area contributed by atoms with Crippen LogP contribution in [0.5, 0.6) is 0 Å². The first-order valence-corrected chi connectivity index (χ1v) is 7.73. The number of halogens is 1. The lowest BCUT2D eigenvalue weighted by Gasteiger charge is -2.41. The number of hydrogen-bond acceptors (Lipinski definition) is 2. The van der Waals surface area contributed by atoms with Gasteiger partial charge in [-0.2, -0.15) is 0 Å². The lowest BCUT2D eigenvalue weighted by Crippen LogP contribution is -2.41. The van der Waals surface area contributed by atoms with Crippen LogP contribution >= 0.6 is 11.6 Å². The van der Waals surface area contributed by atoms with E-state index in [0.29, 0.717) is 11.6 Å². The zero-order chi connectivity index (χ0) is 14.9. The van der Waals surface area contributed by atoms with E-state index < -0.39 is 6.10 Å². The summed E-state index contributed by atoms with van der Waals surface area (Å²) < 4.78 is 0. The topological polar surface area (TPSA) is 46.2 Å². The monoisotopic (exact) mass is 301 g/mol. The fourth-order valence-corrected chi connectivity index (χ4v) is 3.61. The van der Waals surface area contributed by atoms with Gasteiger partial charge >= 0.3 is 0 Å². The van der Waals surface area contributed by atoms with E-state index in [1.54, 1.807) is 0 Å². The molecule has 0 heterocycles. The minimum Gasteiger partial charge on any atom is -0.388 e. The van der Waals surface area contributed by atoms with Gasteiger partial charge in [0.1, 0.15) is 0 Å². The molecule has 0 bridgehead atoms. The molecule has 3 rings (SSSR count). The molecule has 110 valence electrons. The first kappa shape index (κ1) is 14.6. The van der Waals surface area contributed by atoms with Crippen LogP contribution in [0.1, 0.15) is 29.2 Å². The molecule has 0 fully saturated rings. The van der Waals surface area contributed by atoms with E-state index in [2.05, 4.69) is 18.2 Å². The Kier molecular flexibility index (Phi) is 4.03. The Hall–Kier alpha value is -1.35. The summed E-state index contributed by atoms with van der Waals surface area (Å²) in [5.74, 6) is 0. The van der Waals surface area contributed by atoms with Crippen LogP contribution in [-0.4, -0.2) is 11.7 Å². The molecule has 2 unspecified atom stereocenters. The van der Waals surface area contributed by atoms with Gasteiger partial charge in [-0.3, -0.25) is 0 Å². The summed E-state index contributed by atoms with van der Waals surface area (Å²) in [5.41, 5.74) is 9.19. The fourth-order valence-electron chi connectivity index (χ4n) is 3.37. The van der Waals surface area contributed by atoms with Crippen LogP contribution < -0.4 is 5.73 Å². The third-order valence-electron chi connectivity index (χ3n) is 4.74. The molecule has 2 atom stereocenters. The molecule has 2 nitrogen and oxygen atoms in total. The van der Waals surface area contributed by atoms with Crippen LogP contribution in [0, 0.1) is 5.41 Å². The van der Waals surface area contributed by atoms with Gasteiger partial charge in [0, 0.05) is 17.0 Å². The zero-order valence-electron chi connectivity index (χ0n) is 11.9. The van der Waals surface area contributed by atoms with Crippen molar-refractivity contribution >= 4 is 11.6 Å². The first-order chi connectivity index (χ1) is 10.2. The van der Waals surface area contributed by atoms with Crippen molar-refractivity contribution in [1.29, 1.82) is 0 Å². The highest BCUT2D eigenvalue weighted by Crippen LogP contribution is 2.45. The summed E-state index contributed by atoms with van der Waals surface area (Å²) in [6, 6.07) is 15.9. The van der Waals surface area contributed by atoms with Crippen molar-refractivity contribution in [2.75, 3.05) is 6.54 Å². The second-order valence-corrected chi connectivity index (χ2v) is 6.34. The molecule has 3 heteroatoms. The molecule has 1 aliphatic rings. The van der Waals surface area contributed by atoms with Crippen molar-refractivity contribution in [2.24, 2.45) is 11.1 Å². The van der Waals surface area contributed by atoms with Gasteiger partial charge in [0.15, 0.2) is 0 Å². The summed E-state index contributed by atoms with van der Waals surface area (Å²) >= 11 is 6.26. The predicted octanol–water partition coefficient (Wildman–Crippen LogP) is 3.51. The standard InChI is InChI=1S/C18H20ClNO/c19-16-8-4-3-7-15(16)17(21)18(12-20)10-9-13-5-1-2-6-14(13)11-18/h1-8,17,21H,9-12,20H2. The molecule has 0 spiro atoms. The highest BCUT2D eigenvalue weighted by molar-refractivity contribution is 6.31. The minimum atomic E-state index is -0.635. The number of hydrogen-bond donors (Lipinski definition) is 2. The summed E-state index contributed by atoms with van der Waals surface area (Å²) in [7, 11) is 0. The van der Waals surface area contributed by atoms with E-state index in [0.717, 1.165) is 24.8 Å². The second-order valence-electron chi connectivity index (χ2n) is 5.94. The van der Waals surface area contributed by atoms with E-state index in [1.807, 2.05) is 30.3 Å². The molecule has 0 saturated heterocycles. The molecule has 0 radical (unpaired) electrons. The Morgan fingerprint density at radius 2 is 1.76 bits per heavy atom. The Labute approximate surface area is 130 Å². The molecule has 21 heavy (non-hydrogen) atoms. The third-order valence-corrected chi connectivity index (χ3v) is 5.08. The molecule has 3 N–H and O–H groups in total. The quantitative estimate of drug-likeness (QED) is 0.911. The van der Waals surface area contributed by atoms with E-state index in [1.165, 1.54) is 11.1 Å². The van der Waals surface area contributed by atoms with Crippen LogP contribution in [0.4, 0.5) is 0 Å². The first-order valence-electron chi connectivity index (χ1n) is 7.36. The van der Waals surface area contributed by atoms with Crippen molar-refractivity contribution in [1.82, 2.24) is 0 Å². The van der Waals surface area contributed by atoms with Crippen molar-refractivity contribution in [2.45, 2.75) is 25.4 Å². The summed E-state index contributed by atoms with van der Waals surface area (Å²) in [5, 5.41) is 11.5. The van der Waals surface area contributed by atoms with Gasteiger partial charge in [0.05, 0.1) is 6.10 Å². The van der Waals surface area contributed by atoms with Gasteiger partial charge in [-0.15, -0.1) is 0 Å². The number of nitrogens with two attached hydrogens (primary N) is 1. The number of fused-ring (bicyclic) bond motifs is 1. The van der Waals surface area contributed by atoms with Crippen LogP contribution in [0.2, 0.25) is 5.02 Å². The highest BCUT2D eigenvalue weighted by Gasteiger charge is 2.41. The Morgan fingerprint density at radius 3 is 2.48 bits per heavy atom. The Bertz CT molecular complexity index is 643.